The van der Waals surface area contributed by atoms with E-state index in [9.17, 15) is 18.0 Å². The van der Waals surface area contributed by atoms with E-state index in [-0.39, 0.29) is 18.5 Å². The maximum absolute atomic E-state index is 13.6. The summed E-state index contributed by atoms with van der Waals surface area (Å²) in [6, 6.07) is 13.5. The molecule has 1 aliphatic carbocycles. The van der Waals surface area contributed by atoms with Gasteiger partial charge >= 0.3 is 0 Å². The van der Waals surface area contributed by atoms with Gasteiger partial charge in [-0.25, -0.2) is 8.42 Å². The highest BCUT2D eigenvalue weighted by molar-refractivity contribution is 7.92. The van der Waals surface area contributed by atoms with E-state index in [0.29, 0.717) is 16.6 Å². The summed E-state index contributed by atoms with van der Waals surface area (Å²) in [6.07, 6.45) is 5.07. The Bertz CT molecular complexity index is 1160. The van der Waals surface area contributed by atoms with Gasteiger partial charge in [0.25, 0.3) is 0 Å². The lowest BCUT2D eigenvalue weighted by atomic mass is 10.0. The molecule has 0 bridgehead atoms. The Morgan fingerprint density at radius 2 is 1.69 bits per heavy atom. The summed E-state index contributed by atoms with van der Waals surface area (Å²) >= 11 is 6.15. The van der Waals surface area contributed by atoms with Crippen LogP contribution in [0.4, 0.5) is 5.69 Å². The number of nitrogens with zero attached hydrogens (tertiary/aromatic N) is 2. The standard InChI is InChI=1S/C27H36ClN3O4S/c1-19(2)22-12-14-25(15-13-22)31(36(4,34)35)18-26(32)30(17-21-8-7-9-23(28)16-21)20(3)27(33)29-24-10-5-6-11-24/h7-9,12-16,19-20,24H,5-6,10-11,17-18H2,1-4H3,(H,29,33)/t20-/m1/s1. The minimum absolute atomic E-state index is 0.107. The predicted octanol–water partition coefficient (Wildman–Crippen LogP) is 4.71. The highest BCUT2D eigenvalue weighted by Gasteiger charge is 2.31. The lowest BCUT2D eigenvalue weighted by Crippen LogP contribution is -2.52. The largest absolute Gasteiger partial charge is 0.352 e. The molecule has 7 nitrogen and oxygen atoms in total. The number of hydrogen-bond donors (Lipinski definition) is 1. The highest BCUT2D eigenvalue weighted by Crippen LogP contribution is 2.23. The van der Waals surface area contributed by atoms with Crippen molar-refractivity contribution >= 4 is 39.1 Å². The first-order valence-corrected chi connectivity index (χ1v) is 14.6. The average molecular weight is 534 g/mol. The lowest BCUT2D eigenvalue weighted by Gasteiger charge is -2.32. The van der Waals surface area contributed by atoms with Crippen molar-refractivity contribution in [2.75, 3.05) is 17.1 Å². The Morgan fingerprint density at radius 1 is 1.06 bits per heavy atom. The van der Waals surface area contributed by atoms with E-state index in [1.54, 1.807) is 37.3 Å². The summed E-state index contributed by atoms with van der Waals surface area (Å²) in [5.74, 6) is -0.424. The Balaban J connectivity index is 1.87. The van der Waals surface area contributed by atoms with Crippen molar-refractivity contribution < 1.29 is 18.0 Å². The highest BCUT2D eigenvalue weighted by atomic mass is 35.5. The normalized spacial score (nSPS) is 15.1. The van der Waals surface area contributed by atoms with Gasteiger partial charge in [-0.2, -0.15) is 0 Å². The van der Waals surface area contributed by atoms with Crippen molar-refractivity contribution in [3.63, 3.8) is 0 Å². The van der Waals surface area contributed by atoms with Gasteiger partial charge in [0.05, 0.1) is 11.9 Å². The molecule has 0 saturated heterocycles. The molecule has 0 radical (unpaired) electrons. The van der Waals surface area contributed by atoms with Crippen LogP contribution in [0, 0.1) is 0 Å². The average Bonchev–Trinajstić information content (AvgIpc) is 3.33. The van der Waals surface area contributed by atoms with Crippen molar-refractivity contribution in [1.82, 2.24) is 10.2 Å². The zero-order valence-electron chi connectivity index (χ0n) is 21.4. The van der Waals surface area contributed by atoms with Gasteiger partial charge in [0.1, 0.15) is 12.6 Å². The number of hydrogen-bond acceptors (Lipinski definition) is 4. The third-order valence-corrected chi connectivity index (χ3v) is 8.01. The minimum atomic E-state index is -3.76. The molecule has 196 valence electrons. The third-order valence-electron chi connectivity index (χ3n) is 6.64. The summed E-state index contributed by atoms with van der Waals surface area (Å²) in [5, 5.41) is 3.57. The Hall–Kier alpha value is -2.58. The van der Waals surface area contributed by atoms with Gasteiger partial charge in [0.15, 0.2) is 0 Å². The molecule has 9 heteroatoms. The summed E-state index contributed by atoms with van der Waals surface area (Å²) in [5.41, 5.74) is 2.22. The first-order chi connectivity index (χ1) is 17.0. The fourth-order valence-corrected chi connectivity index (χ4v) is 5.51. The second-order valence-electron chi connectivity index (χ2n) is 9.83. The number of carbonyl (C=O) groups excluding carboxylic acids is 2. The van der Waals surface area contributed by atoms with E-state index in [1.165, 1.54) is 4.90 Å². The molecular formula is C27H36ClN3O4S. The maximum atomic E-state index is 13.6. The number of sulfonamides is 1. The van der Waals surface area contributed by atoms with Crippen LogP contribution in [0.5, 0.6) is 0 Å². The molecule has 1 fully saturated rings. The molecule has 2 aromatic carbocycles. The molecule has 1 atom stereocenters. The number of halogens is 1. The molecule has 1 aliphatic rings. The molecule has 0 unspecified atom stereocenters. The molecule has 2 aromatic rings. The SMILES string of the molecule is CC(C)c1ccc(N(CC(=O)N(Cc2cccc(Cl)c2)[C@H](C)C(=O)NC2CCCC2)S(C)(=O)=O)cc1. The summed E-state index contributed by atoms with van der Waals surface area (Å²) < 4.78 is 26.5. The van der Waals surface area contributed by atoms with E-state index in [2.05, 4.69) is 19.2 Å². The zero-order chi connectivity index (χ0) is 26.5. The number of nitrogens with one attached hydrogen (secondary N) is 1. The molecule has 2 amide bonds. The quantitative estimate of drug-likeness (QED) is 0.479. The van der Waals surface area contributed by atoms with E-state index >= 15 is 0 Å². The molecular weight excluding hydrogens is 498 g/mol. The summed E-state index contributed by atoms with van der Waals surface area (Å²) in [4.78, 5) is 28.1. The van der Waals surface area contributed by atoms with E-state index in [4.69, 9.17) is 11.6 Å². The fourth-order valence-electron chi connectivity index (χ4n) is 4.45. The van der Waals surface area contributed by atoms with Gasteiger partial charge in [0.2, 0.25) is 21.8 Å². The van der Waals surface area contributed by atoms with Crippen molar-refractivity contribution in [3.8, 4) is 0 Å². The first kappa shape index (κ1) is 28.0. The summed E-state index contributed by atoms with van der Waals surface area (Å²) in [6.45, 7) is 5.50. The van der Waals surface area contributed by atoms with E-state index in [1.807, 2.05) is 18.2 Å². The minimum Gasteiger partial charge on any atom is -0.352 e. The molecule has 1 saturated carbocycles. The van der Waals surface area contributed by atoms with Gasteiger partial charge in [-0.1, -0.05) is 62.6 Å². The van der Waals surface area contributed by atoms with Crippen LogP contribution >= 0.6 is 11.6 Å². The van der Waals surface area contributed by atoms with Crippen LogP contribution in [0.25, 0.3) is 0 Å². The van der Waals surface area contributed by atoms with Gasteiger partial charge in [-0.05, 0) is 61.1 Å². The number of anilines is 1. The molecule has 0 aliphatic heterocycles. The van der Waals surface area contributed by atoms with Gasteiger partial charge in [0, 0.05) is 17.6 Å². The Labute approximate surface area is 219 Å². The van der Waals surface area contributed by atoms with E-state index < -0.39 is 28.5 Å². The van der Waals surface area contributed by atoms with Gasteiger partial charge < -0.3 is 10.2 Å². The van der Waals surface area contributed by atoms with E-state index in [0.717, 1.165) is 47.4 Å². The number of rotatable bonds is 10. The van der Waals surface area contributed by atoms with Crippen LogP contribution < -0.4 is 9.62 Å². The zero-order valence-corrected chi connectivity index (χ0v) is 23.0. The third kappa shape index (κ3) is 7.46. The smallest absolute Gasteiger partial charge is 0.244 e. The molecule has 1 N–H and O–H groups in total. The van der Waals surface area contributed by atoms with Gasteiger partial charge in [-0.15, -0.1) is 0 Å². The molecule has 36 heavy (non-hydrogen) atoms. The number of carbonyl (C=O) groups is 2. The van der Waals surface area contributed by atoms with Crippen molar-refractivity contribution in [2.24, 2.45) is 0 Å². The molecule has 0 heterocycles. The molecule has 0 spiro atoms. The van der Waals surface area contributed by atoms with Crippen molar-refractivity contribution in [1.29, 1.82) is 0 Å². The van der Waals surface area contributed by atoms with Crippen molar-refractivity contribution in [2.45, 2.75) is 71.0 Å². The molecule has 3 rings (SSSR count). The topological polar surface area (TPSA) is 86.8 Å². The number of benzene rings is 2. The van der Waals surface area contributed by atoms with Crippen LogP contribution in [0.2, 0.25) is 5.02 Å². The summed E-state index contributed by atoms with van der Waals surface area (Å²) in [7, 11) is -3.76. The Morgan fingerprint density at radius 3 is 2.25 bits per heavy atom. The van der Waals surface area contributed by atoms with Crippen LogP contribution in [-0.2, 0) is 26.2 Å². The van der Waals surface area contributed by atoms with Crippen LogP contribution in [0.1, 0.15) is 63.5 Å². The van der Waals surface area contributed by atoms with Gasteiger partial charge in [-0.3, -0.25) is 13.9 Å². The second kappa shape index (κ2) is 12.1. The maximum Gasteiger partial charge on any atom is 0.244 e. The van der Waals surface area contributed by atoms with Crippen LogP contribution in [-0.4, -0.2) is 50.0 Å². The second-order valence-corrected chi connectivity index (χ2v) is 12.2. The monoisotopic (exact) mass is 533 g/mol. The van der Waals surface area contributed by atoms with Crippen molar-refractivity contribution in [3.05, 3.63) is 64.7 Å². The van der Waals surface area contributed by atoms with Crippen LogP contribution in [0.3, 0.4) is 0 Å². The van der Waals surface area contributed by atoms with Crippen LogP contribution in [0.15, 0.2) is 48.5 Å². The first-order valence-electron chi connectivity index (χ1n) is 12.4. The Kier molecular flexibility index (Phi) is 9.41. The molecule has 0 aromatic heterocycles. The predicted molar refractivity (Wildman–Crippen MR) is 145 cm³/mol. The number of amides is 2. The fraction of sp³-hybridized carbons (Fsp3) is 0.481. The lowest BCUT2D eigenvalue weighted by molar-refractivity contribution is -0.139.